The van der Waals surface area contributed by atoms with Crippen molar-refractivity contribution in [2.75, 3.05) is 19.5 Å². The molecule has 7 nitrogen and oxygen atoms in total. The first-order chi connectivity index (χ1) is 15.7. The summed E-state index contributed by atoms with van der Waals surface area (Å²) in [6, 6.07) is 16.7. The number of ether oxygens (including phenoxy) is 2. The molecule has 2 aromatic carbocycles. The van der Waals surface area contributed by atoms with E-state index in [9.17, 15) is 13.2 Å². The Kier molecular flexibility index (Phi) is 7.38. The predicted octanol–water partition coefficient (Wildman–Crippen LogP) is 4.45. The summed E-state index contributed by atoms with van der Waals surface area (Å²) in [6.45, 7) is 3.33. The van der Waals surface area contributed by atoms with E-state index in [1.54, 1.807) is 80.7 Å². The zero-order valence-electron chi connectivity index (χ0n) is 19.1. The minimum absolute atomic E-state index is 0.0137. The van der Waals surface area contributed by atoms with Crippen molar-refractivity contribution in [1.29, 1.82) is 0 Å². The average molecular weight is 469 g/mol. The van der Waals surface area contributed by atoms with Crippen molar-refractivity contribution in [3.8, 4) is 11.5 Å². The van der Waals surface area contributed by atoms with Crippen molar-refractivity contribution in [3.05, 3.63) is 78.6 Å². The van der Waals surface area contributed by atoms with Crippen LogP contribution >= 0.6 is 0 Å². The fraction of sp³-hybridized carbons (Fsp3) is 0.280. The summed E-state index contributed by atoms with van der Waals surface area (Å²) in [6.07, 6.45) is 3.16. The van der Waals surface area contributed by atoms with Crippen molar-refractivity contribution < 1.29 is 22.7 Å². The molecule has 0 saturated heterocycles. The zero-order valence-corrected chi connectivity index (χ0v) is 19.9. The monoisotopic (exact) mass is 468 g/mol. The Morgan fingerprint density at radius 1 is 1.06 bits per heavy atom. The Labute approximate surface area is 194 Å². The number of pyridine rings is 1. The van der Waals surface area contributed by atoms with Crippen LogP contribution in [0, 0.1) is 5.92 Å². The Balaban J connectivity index is 2.09. The third kappa shape index (κ3) is 5.01. The third-order valence-electron chi connectivity index (χ3n) is 5.70. The number of hydrogen-bond donors (Lipinski definition) is 1. The molecule has 1 N–H and O–H groups in total. The van der Waals surface area contributed by atoms with Gasteiger partial charge in [0.25, 0.3) is 0 Å². The van der Waals surface area contributed by atoms with E-state index in [1.165, 1.54) is 20.4 Å². The molecule has 1 amide bonds. The van der Waals surface area contributed by atoms with Crippen LogP contribution in [0.3, 0.4) is 0 Å². The van der Waals surface area contributed by atoms with E-state index >= 15 is 0 Å². The number of anilines is 1. The normalized spacial score (nSPS) is 14.1. The maximum atomic E-state index is 14.0. The third-order valence-corrected chi connectivity index (χ3v) is 8.16. The van der Waals surface area contributed by atoms with E-state index in [-0.39, 0.29) is 17.2 Å². The number of benzene rings is 2. The molecule has 0 bridgehead atoms. The van der Waals surface area contributed by atoms with Gasteiger partial charge in [0.1, 0.15) is 16.2 Å². The molecule has 0 fully saturated rings. The van der Waals surface area contributed by atoms with Crippen LogP contribution in [-0.4, -0.2) is 33.5 Å². The lowest BCUT2D eigenvalue weighted by molar-refractivity contribution is -0.119. The van der Waals surface area contributed by atoms with Gasteiger partial charge >= 0.3 is 0 Å². The first-order valence-corrected chi connectivity index (χ1v) is 11.9. The van der Waals surface area contributed by atoms with Gasteiger partial charge in [0.15, 0.2) is 9.84 Å². The number of carbonyl (C=O) groups excluding carboxylic acids is 1. The summed E-state index contributed by atoms with van der Waals surface area (Å²) in [5.74, 6) is -0.0608. The second kappa shape index (κ2) is 10.0. The number of aromatic nitrogens is 1. The fourth-order valence-corrected chi connectivity index (χ4v) is 5.78. The topological polar surface area (TPSA) is 94.6 Å². The van der Waals surface area contributed by atoms with Gasteiger partial charge < -0.3 is 14.8 Å². The van der Waals surface area contributed by atoms with E-state index in [2.05, 4.69) is 10.3 Å². The maximum absolute atomic E-state index is 14.0. The second-order valence-corrected chi connectivity index (χ2v) is 10.3. The first-order valence-electron chi connectivity index (χ1n) is 10.5. The summed E-state index contributed by atoms with van der Waals surface area (Å²) in [7, 11) is -0.943. The number of hydrogen-bond acceptors (Lipinski definition) is 6. The van der Waals surface area contributed by atoms with Gasteiger partial charge in [-0.05, 0) is 55.8 Å². The van der Waals surface area contributed by atoms with Crippen LogP contribution in [0.1, 0.15) is 25.8 Å². The van der Waals surface area contributed by atoms with Crippen LogP contribution in [0.5, 0.6) is 11.5 Å². The van der Waals surface area contributed by atoms with E-state index in [0.717, 1.165) is 0 Å². The number of nitrogens with zero attached hydrogens (tertiary/aromatic N) is 1. The van der Waals surface area contributed by atoms with Crippen LogP contribution in [0.15, 0.2) is 78.0 Å². The first kappa shape index (κ1) is 24.3. The number of nitrogens with one attached hydrogen (secondary N) is 1. The Bertz CT molecular complexity index is 1200. The van der Waals surface area contributed by atoms with E-state index in [4.69, 9.17) is 9.47 Å². The lowest BCUT2D eigenvalue weighted by Gasteiger charge is -2.33. The number of carbonyl (C=O) groups is 1. The zero-order chi connectivity index (χ0) is 24.1. The lowest BCUT2D eigenvalue weighted by Crippen LogP contribution is -2.37. The van der Waals surface area contributed by atoms with Crippen molar-refractivity contribution in [3.63, 3.8) is 0 Å². The Hall–Kier alpha value is -3.39. The van der Waals surface area contributed by atoms with Crippen LogP contribution in [-0.2, 0) is 19.4 Å². The SMILES string of the molecule is COc1ccc(OC)c(C(C)(CC(C)C(=O)Nc2cccnc2)S(=O)(=O)c2ccccc2)c1. The molecule has 0 aliphatic rings. The van der Waals surface area contributed by atoms with Gasteiger partial charge in [0.05, 0.1) is 31.0 Å². The molecule has 1 heterocycles. The van der Waals surface area contributed by atoms with E-state index < -0.39 is 20.5 Å². The van der Waals surface area contributed by atoms with Gasteiger partial charge in [0.2, 0.25) is 5.91 Å². The molecule has 2 unspecified atom stereocenters. The Morgan fingerprint density at radius 2 is 1.79 bits per heavy atom. The van der Waals surface area contributed by atoms with Crippen molar-refractivity contribution >= 4 is 21.4 Å². The lowest BCUT2D eigenvalue weighted by atomic mass is 9.88. The minimum Gasteiger partial charge on any atom is -0.497 e. The van der Waals surface area contributed by atoms with Gasteiger partial charge in [-0.1, -0.05) is 25.1 Å². The van der Waals surface area contributed by atoms with Gasteiger partial charge in [-0.25, -0.2) is 8.42 Å². The molecule has 3 rings (SSSR count). The largest absolute Gasteiger partial charge is 0.497 e. The molecule has 0 aliphatic heterocycles. The van der Waals surface area contributed by atoms with Crippen molar-refractivity contribution in [1.82, 2.24) is 4.98 Å². The maximum Gasteiger partial charge on any atom is 0.227 e. The summed E-state index contributed by atoms with van der Waals surface area (Å²) in [5, 5.41) is 2.81. The van der Waals surface area contributed by atoms with Crippen LogP contribution in [0.25, 0.3) is 0 Å². The van der Waals surface area contributed by atoms with Crippen LogP contribution in [0.4, 0.5) is 5.69 Å². The second-order valence-electron chi connectivity index (χ2n) is 7.95. The predicted molar refractivity (Wildman–Crippen MR) is 127 cm³/mol. The standard InChI is InChI=1S/C25H28N2O5S/c1-18(24(28)27-19-9-8-14-26-17-19)16-25(2,33(29,30)21-10-6-5-7-11-21)22-15-20(31-3)12-13-23(22)32-4/h5-15,17-18H,16H2,1-4H3,(H,27,28). The molecule has 2 atom stereocenters. The van der Waals surface area contributed by atoms with Gasteiger partial charge in [0, 0.05) is 17.7 Å². The summed E-state index contributed by atoms with van der Waals surface area (Å²) in [4.78, 5) is 17.1. The van der Waals surface area contributed by atoms with Gasteiger partial charge in [-0.15, -0.1) is 0 Å². The summed E-state index contributed by atoms with van der Waals surface area (Å²) >= 11 is 0. The minimum atomic E-state index is -3.94. The molecule has 8 heteroatoms. The quantitative estimate of drug-likeness (QED) is 0.499. The molecule has 0 spiro atoms. The number of sulfone groups is 1. The molecular weight excluding hydrogens is 440 g/mol. The molecule has 33 heavy (non-hydrogen) atoms. The van der Waals surface area contributed by atoms with Crippen molar-refractivity contribution in [2.24, 2.45) is 5.92 Å². The smallest absolute Gasteiger partial charge is 0.227 e. The molecule has 0 radical (unpaired) electrons. The highest BCUT2D eigenvalue weighted by Gasteiger charge is 2.46. The molecular formula is C25H28N2O5S. The highest BCUT2D eigenvalue weighted by Crippen LogP contribution is 2.45. The highest BCUT2D eigenvalue weighted by atomic mass is 32.2. The van der Waals surface area contributed by atoms with Crippen LogP contribution in [0.2, 0.25) is 0 Å². The van der Waals surface area contributed by atoms with E-state index in [1.807, 2.05) is 0 Å². The molecule has 0 saturated carbocycles. The summed E-state index contributed by atoms with van der Waals surface area (Å²) < 4.78 is 37.4. The average Bonchev–Trinajstić information content (AvgIpc) is 2.84. The highest BCUT2D eigenvalue weighted by molar-refractivity contribution is 7.92. The van der Waals surface area contributed by atoms with Crippen molar-refractivity contribution in [2.45, 2.75) is 29.9 Å². The number of rotatable bonds is 9. The molecule has 1 aromatic heterocycles. The van der Waals surface area contributed by atoms with Gasteiger partial charge in [-0.3, -0.25) is 9.78 Å². The molecule has 0 aliphatic carbocycles. The molecule has 3 aromatic rings. The summed E-state index contributed by atoms with van der Waals surface area (Å²) in [5.41, 5.74) is 0.968. The van der Waals surface area contributed by atoms with Crippen LogP contribution < -0.4 is 14.8 Å². The fourth-order valence-electron chi connectivity index (χ4n) is 3.83. The Morgan fingerprint density at radius 3 is 2.39 bits per heavy atom. The van der Waals surface area contributed by atoms with Gasteiger partial charge in [-0.2, -0.15) is 0 Å². The van der Waals surface area contributed by atoms with E-state index in [0.29, 0.717) is 22.7 Å². The number of amides is 1. The number of methoxy groups -OCH3 is 2. The molecule has 174 valence electrons.